The van der Waals surface area contributed by atoms with E-state index in [1.165, 1.54) is 0 Å². The van der Waals surface area contributed by atoms with Crippen molar-refractivity contribution in [3.8, 4) is 0 Å². The van der Waals surface area contributed by atoms with Gasteiger partial charge in [0.1, 0.15) is 5.76 Å². The number of rotatable bonds is 2. The van der Waals surface area contributed by atoms with Crippen LogP contribution in [0.25, 0.3) is 5.57 Å². The predicted octanol–water partition coefficient (Wildman–Crippen LogP) is 4.67. The van der Waals surface area contributed by atoms with E-state index in [0.717, 1.165) is 53.3 Å². The monoisotopic (exact) mass is 377 g/mol. The highest BCUT2D eigenvalue weighted by atomic mass is 79.9. The van der Waals surface area contributed by atoms with E-state index in [4.69, 9.17) is 0 Å². The first-order chi connectivity index (χ1) is 10.9. The number of aliphatic hydroxyl groups is 1. The molecule has 0 aromatic heterocycles. The molecule has 23 heavy (non-hydrogen) atoms. The molecule has 1 saturated carbocycles. The lowest BCUT2D eigenvalue weighted by Crippen LogP contribution is -2.47. The van der Waals surface area contributed by atoms with Crippen LogP contribution in [0.1, 0.15) is 56.2 Å². The fourth-order valence-corrected chi connectivity index (χ4v) is 4.87. The van der Waals surface area contributed by atoms with Gasteiger partial charge in [-0.15, -0.1) is 0 Å². The maximum absolute atomic E-state index is 12.7. The molecular weight excluding hydrogens is 354 g/mol. The van der Waals surface area contributed by atoms with Crippen molar-refractivity contribution in [3.63, 3.8) is 0 Å². The van der Waals surface area contributed by atoms with Crippen molar-refractivity contribution in [2.45, 2.75) is 58.4 Å². The van der Waals surface area contributed by atoms with Gasteiger partial charge in [0.15, 0.2) is 0 Å². The molecule has 1 heterocycles. The minimum atomic E-state index is -0.547. The van der Waals surface area contributed by atoms with Crippen LogP contribution < -0.4 is 5.32 Å². The molecule has 3 rings (SSSR count). The van der Waals surface area contributed by atoms with E-state index in [0.29, 0.717) is 11.5 Å². The third kappa shape index (κ3) is 2.71. The highest BCUT2D eigenvalue weighted by molar-refractivity contribution is 9.10. The summed E-state index contributed by atoms with van der Waals surface area (Å²) in [5.41, 5.74) is 2.96. The lowest BCUT2D eigenvalue weighted by atomic mass is 9.75. The molecule has 1 amide bonds. The van der Waals surface area contributed by atoms with Gasteiger partial charge in [-0.2, -0.15) is 0 Å². The van der Waals surface area contributed by atoms with Crippen LogP contribution in [0, 0.1) is 12.8 Å². The van der Waals surface area contributed by atoms with Crippen molar-refractivity contribution >= 4 is 27.4 Å². The van der Waals surface area contributed by atoms with Crippen LogP contribution in [-0.4, -0.2) is 16.6 Å². The van der Waals surface area contributed by atoms with Crippen LogP contribution in [0.3, 0.4) is 0 Å². The maximum atomic E-state index is 12.7. The Kier molecular flexibility index (Phi) is 4.30. The Morgan fingerprint density at radius 1 is 1.43 bits per heavy atom. The molecule has 1 aromatic rings. The van der Waals surface area contributed by atoms with Gasteiger partial charge in [-0.1, -0.05) is 42.6 Å². The Morgan fingerprint density at radius 2 is 2.17 bits per heavy atom. The molecule has 3 nitrogen and oxygen atoms in total. The maximum Gasteiger partial charge on any atom is 0.256 e. The number of benzene rings is 1. The van der Waals surface area contributed by atoms with E-state index < -0.39 is 5.54 Å². The third-order valence-corrected chi connectivity index (χ3v) is 5.74. The number of carbonyl (C=O) groups is 1. The summed E-state index contributed by atoms with van der Waals surface area (Å²) in [6, 6.07) is 4.06. The number of hydrogen-bond donors (Lipinski definition) is 2. The second-order valence-electron chi connectivity index (χ2n) is 7.07. The summed E-state index contributed by atoms with van der Waals surface area (Å²) in [5.74, 6) is 0.646. The second-order valence-corrected chi connectivity index (χ2v) is 7.99. The highest BCUT2D eigenvalue weighted by Gasteiger charge is 2.48. The molecule has 2 unspecified atom stereocenters. The molecule has 1 aliphatic carbocycles. The molecule has 4 heteroatoms. The summed E-state index contributed by atoms with van der Waals surface area (Å²) in [6.07, 6.45) is 4.68. The van der Waals surface area contributed by atoms with Gasteiger partial charge in [0.05, 0.1) is 11.1 Å². The van der Waals surface area contributed by atoms with Gasteiger partial charge in [0.25, 0.3) is 5.91 Å². The summed E-state index contributed by atoms with van der Waals surface area (Å²) >= 11 is 3.53. The molecule has 124 valence electrons. The summed E-state index contributed by atoms with van der Waals surface area (Å²) in [4.78, 5) is 12.7. The summed E-state index contributed by atoms with van der Waals surface area (Å²) < 4.78 is 1.01. The standard InChI is InChI=1S/C19H24BrNO2/c1-4-13-9-14(20)8-12(3)15(13)16-17(22)19(21-18(16)23)7-5-6-11(2)10-19/h8-9,11,22H,4-7,10H2,1-3H3,(H,21,23). The van der Waals surface area contributed by atoms with Gasteiger partial charge < -0.3 is 10.4 Å². The Labute approximate surface area is 146 Å². The second kappa shape index (κ2) is 5.97. The zero-order chi connectivity index (χ0) is 16.8. The van der Waals surface area contributed by atoms with Gasteiger partial charge >= 0.3 is 0 Å². The average molecular weight is 378 g/mol. The van der Waals surface area contributed by atoms with Crippen molar-refractivity contribution in [1.29, 1.82) is 0 Å². The molecule has 0 bridgehead atoms. The fraction of sp³-hybridized carbons (Fsp3) is 0.526. The van der Waals surface area contributed by atoms with Gasteiger partial charge in [-0.3, -0.25) is 4.79 Å². The van der Waals surface area contributed by atoms with Gasteiger partial charge in [-0.25, -0.2) is 0 Å². The first kappa shape index (κ1) is 16.6. The van der Waals surface area contributed by atoms with Crippen LogP contribution in [0.4, 0.5) is 0 Å². The third-order valence-electron chi connectivity index (χ3n) is 5.28. The minimum absolute atomic E-state index is 0.128. The minimum Gasteiger partial charge on any atom is -0.509 e. The van der Waals surface area contributed by atoms with E-state index in [1.807, 2.05) is 19.1 Å². The smallest absolute Gasteiger partial charge is 0.256 e. The normalized spacial score (nSPS) is 27.7. The molecule has 2 N–H and O–H groups in total. The van der Waals surface area contributed by atoms with Crippen molar-refractivity contribution in [2.24, 2.45) is 5.92 Å². The Morgan fingerprint density at radius 3 is 2.83 bits per heavy atom. The van der Waals surface area contributed by atoms with Gasteiger partial charge in [0.2, 0.25) is 0 Å². The summed E-state index contributed by atoms with van der Waals surface area (Å²) in [5, 5.41) is 14.1. The Bertz CT molecular complexity index is 695. The molecule has 2 atom stereocenters. The number of halogens is 1. The molecule has 0 saturated heterocycles. The largest absolute Gasteiger partial charge is 0.509 e. The topological polar surface area (TPSA) is 49.3 Å². The van der Waals surface area contributed by atoms with Gasteiger partial charge in [-0.05, 0) is 60.9 Å². The number of aryl methyl sites for hydroxylation is 2. The van der Waals surface area contributed by atoms with Crippen LogP contribution in [0.2, 0.25) is 0 Å². The molecule has 0 radical (unpaired) electrons. The van der Waals surface area contributed by atoms with Crippen molar-refractivity contribution in [1.82, 2.24) is 5.32 Å². The van der Waals surface area contributed by atoms with E-state index in [1.54, 1.807) is 0 Å². The van der Waals surface area contributed by atoms with E-state index in [2.05, 4.69) is 35.1 Å². The molecule has 1 aliphatic heterocycles. The average Bonchev–Trinajstić information content (AvgIpc) is 2.69. The number of aliphatic hydroxyl groups excluding tert-OH is 1. The fourth-order valence-electron chi connectivity index (χ4n) is 4.25. The molecule has 1 spiro atoms. The predicted molar refractivity (Wildman–Crippen MR) is 96.3 cm³/mol. The number of nitrogens with one attached hydrogen (secondary N) is 1. The number of carbonyl (C=O) groups excluding carboxylic acids is 1. The van der Waals surface area contributed by atoms with E-state index in [-0.39, 0.29) is 11.7 Å². The van der Waals surface area contributed by atoms with E-state index in [9.17, 15) is 9.90 Å². The van der Waals surface area contributed by atoms with Crippen molar-refractivity contribution < 1.29 is 9.90 Å². The molecule has 1 fully saturated rings. The lowest BCUT2D eigenvalue weighted by molar-refractivity contribution is -0.116. The first-order valence-electron chi connectivity index (χ1n) is 8.43. The van der Waals surface area contributed by atoms with E-state index >= 15 is 0 Å². The summed E-state index contributed by atoms with van der Waals surface area (Å²) in [6.45, 7) is 6.27. The lowest BCUT2D eigenvalue weighted by Gasteiger charge is -2.36. The van der Waals surface area contributed by atoms with Crippen LogP contribution in [0.15, 0.2) is 22.4 Å². The SMILES string of the molecule is CCc1cc(Br)cc(C)c1C1=C(O)C2(CCCC(C)C2)NC1=O. The molecule has 2 aliphatic rings. The Hall–Kier alpha value is -1.29. The van der Waals surface area contributed by atoms with Crippen molar-refractivity contribution in [2.75, 3.05) is 0 Å². The molecular formula is C19H24BrNO2. The highest BCUT2D eigenvalue weighted by Crippen LogP contribution is 2.44. The zero-order valence-corrected chi connectivity index (χ0v) is 15.6. The number of amides is 1. The molecule has 1 aromatic carbocycles. The Balaban J connectivity index is 2.16. The van der Waals surface area contributed by atoms with Gasteiger partial charge in [0, 0.05) is 4.47 Å². The number of hydrogen-bond acceptors (Lipinski definition) is 2. The van der Waals surface area contributed by atoms with Crippen LogP contribution in [-0.2, 0) is 11.2 Å². The zero-order valence-electron chi connectivity index (χ0n) is 14.0. The first-order valence-corrected chi connectivity index (χ1v) is 9.23. The van der Waals surface area contributed by atoms with Crippen LogP contribution in [0.5, 0.6) is 0 Å². The summed E-state index contributed by atoms with van der Waals surface area (Å²) in [7, 11) is 0. The van der Waals surface area contributed by atoms with Crippen molar-refractivity contribution in [3.05, 3.63) is 39.1 Å². The quantitative estimate of drug-likeness (QED) is 0.786. The van der Waals surface area contributed by atoms with Crippen LogP contribution >= 0.6 is 15.9 Å².